The molecule has 2 unspecified atom stereocenters. The number of hydrogen-bond donors (Lipinski definition) is 3. The summed E-state index contributed by atoms with van der Waals surface area (Å²) in [5, 5.41) is 10.7. The van der Waals surface area contributed by atoms with Gasteiger partial charge in [0.05, 0.1) is 5.60 Å². The number of rotatable bonds is 7. The highest BCUT2D eigenvalue weighted by Crippen LogP contribution is 2.35. The lowest BCUT2D eigenvalue weighted by molar-refractivity contribution is -0.0699. The summed E-state index contributed by atoms with van der Waals surface area (Å²) in [6.45, 7) is 9.52. The Morgan fingerprint density at radius 1 is 1.12 bits per heavy atom. The zero-order chi connectivity index (χ0) is 22.8. The first-order chi connectivity index (χ1) is 15.9. The van der Waals surface area contributed by atoms with E-state index in [1.54, 1.807) is 0 Å². The Morgan fingerprint density at radius 3 is 2.82 bits per heavy atom. The maximum Gasteiger partial charge on any atom is 0.156 e. The van der Waals surface area contributed by atoms with E-state index < -0.39 is 0 Å². The van der Waals surface area contributed by atoms with Crippen LogP contribution in [0.4, 0.5) is 11.5 Å². The molecule has 3 aliphatic rings. The summed E-state index contributed by atoms with van der Waals surface area (Å²) in [5.41, 5.74) is 3.50. The van der Waals surface area contributed by atoms with Gasteiger partial charge in [0.1, 0.15) is 11.9 Å². The minimum Gasteiger partial charge on any atom is -0.385 e. The molecule has 3 aliphatic heterocycles. The number of anilines is 2. The topological polar surface area (TPSA) is 70.7 Å². The highest BCUT2D eigenvalue weighted by molar-refractivity contribution is 5.70. The molecule has 1 aromatic carbocycles. The van der Waals surface area contributed by atoms with E-state index in [1.807, 2.05) is 6.20 Å². The first kappa shape index (κ1) is 22.6. The molecule has 4 heterocycles. The Bertz CT molecular complexity index is 941. The van der Waals surface area contributed by atoms with Crippen LogP contribution in [0.2, 0.25) is 0 Å². The molecule has 0 radical (unpaired) electrons. The smallest absolute Gasteiger partial charge is 0.156 e. The summed E-state index contributed by atoms with van der Waals surface area (Å²) in [6, 6.07) is 13.5. The zero-order valence-corrected chi connectivity index (χ0v) is 20.1. The summed E-state index contributed by atoms with van der Waals surface area (Å²) < 4.78 is 11.8. The quantitative estimate of drug-likeness (QED) is 0.522. The monoisotopic (exact) mass is 450 g/mol. The molecule has 2 aromatic rings. The first-order valence-electron chi connectivity index (χ1n) is 12.5. The van der Waals surface area contributed by atoms with Gasteiger partial charge in [-0.3, -0.25) is 0 Å². The molecule has 5 atom stereocenters. The molecule has 0 bridgehead atoms. The predicted molar refractivity (Wildman–Crippen MR) is 133 cm³/mol. The molecule has 0 spiro atoms. The van der Waals surface area contributed by atoms with E-state index >= 15 is 0 Å². The molecular formula is C27H38N4O2. The summed E-state index contributed by atoms with van der Waals surface area (Å²) in [6.07, 6.45) is 6.91. The minimum absolute atomic E-state index is 0.0108. The number of ether oxygens (including phenoxy) is 2. The van der Waals surface area contributed by atoms with Crippen LogP contribution in [0.3, 0.4) is 0 Å². The molecule has 0 amide bonds. The highest BCUT2D eigenvalue weighted by Gasteiger charge is 2.45. The van der Waals surface area contributed by atoms with E-state index in [4.69, 9.17) is 9.47 Å². The van der Waals surface area contributed by atoms with Gasteiger partial charge < -0.3 is 25.4 Å². The molecule has 0 aliphatic carbocycles. The number of nitrogens with one attached hydrogen (secondary N) is 3. The first-order valence-corrected chi connectivity index (χ1v) is 12.5. The molecule has 5 rings (SSSR count). The van der Waals surface area contributed by atoms with Crippen LogP contribution in [0.1, 0.15) is 46.5 Å². The average molecular weight is 451 g/mol. The Kier molecular flexibility index (Phi) is 6.59. The number of nitrogens with zero attached hydrogens (tertiary/aromatic N) is 1. The van der Waals surface area contributed by atoms with Crippen molar-refractivity contribution in [1.29, 1.82) is 0 Å². The van der Waals surface area contributed by atoms with Crippen molar-refractivity contribution in [3.63, 3.8) is 0 Å². The third-order valence-electron chi connectivity index (χ3n) is 7.33. The van der Waals surface area contributed by atoms with E-state index in [0.29, 0.717) is 17.9 Å². The van der Waals surface area contributed by atoms with Crippen LogP contribution in [0.5, 0.6) is 0 Å². The van der Waals surface area contributed by atoms with E-state index in [2.05, 4.69) is 78.1 Å². The lowest BCUT2D eigenvalue weighted by Crippen LogP contribution is -2.39. The second-order valence-corrected chi connectivity index (χ2v) is 10.7. The highest BCUT2D eigenvalue weighted by atomic mass is 16.6. The fraction of sp³-hybridized carbons (Fsp3) is 0.593. The molecule has 33 heavy (non-hydrogen) atoms. The summed E-state index contributed by atoms with van der Waals surface area (Å²) in [5.74, 6) is 2.11. The van der Waals surface area contributed by atoms with Crippen molar-refractivity contribution in [2.24, 2.45) is 11.8 Å². The van der Waals surface area contributed by atoms with Gasteiger partial charge in [-0.15, -0.1) is 0 Å². The molecule has 178 valence electrons. The lowest BCUT2D eigenvalue weighted by atomic mass is 9.88. The Balaban J connectivity index is 1.18. The van der Waals surface area contributed by atoms with E-state index in [-0.39, 0.29) is 17.9 Å². The molecule has 0 saturated carbocycles. The van der Waals surface area contributed by atoms with Gasteiger partial charge in [0.2, 0.25) is 0 Å². The van der Waals surface area contributed by atoms with Crippen LogP contribution in [-0.2, 0) is 9.47 Å². The van der Waals surface area contributed by atoms with Crippen molar-refractivity contribution in [2.45, 2.75) is 70.4 Å². The number of aromatic nitrogens is 1. The largest absolute Gasteiger partial charge is 0.385 e. The number of piperidine rings is 1. The van der Waals surface area contributed by atoms with Gasteiger partial charge in [0, 0.05) is 43.5 Å². The third kappa shape index (κ3) is 5.86. The zero-order valence-electron chi connectivity index (χ0n) is 20.1. The van der Waals surface area contributed by atoms with Gasteiger partial charge in [-0.1, -0.05) is 12.1 Å². The summed E-state index contributed by atoms with van der Waals surface area (Å²) >= 11 is 0. The maximum atomic E-state index is 5.95. The van der Waals surface area contributed by atoms with Crippen LogP contribution in [-0.4, -0.2) is 48.7 Å². The SMILES string of the molecule is C[C@@H]1CC[C@@H](C2OC2Nc2cc(-c3cccc(NC[C@@H]4CCOC(C)(C)C4)c3)ccn2)CN1. The molecule has 3 fully saturated rings. The van der Waals surface area contributed by atoms with Gasteiger partial charge in [-0.25, -0.2) is 4.98 Å². The normalized spacial score (nSPS) is 31.1. The van der Waals surface area contributed by atoms with Crippen LogP contribution >= 0.6 is 0 Å². The molecule has 6 heteroatoms. The second kappa shape index (κ2) is 9.61. The fourth-order valence-electron chi connectivity index (χ4n) is 5.34. The van der Waals surface area contributed by atoms with E-state index in [1.165, 1.54) is 18.4 Å². The van der Waals surface area contributed by atoms with Crippen molar-refractivity contribution in [3.05, 3.63) is 42.6 Å². The average Bonchev–Trinajstić information content (AvgIpc) is 3.57. The van der Waals surface area contributed by atoms with Gasteiger partial charge in [-0.2, -0.15) is 0 Å². The standard InChI is InChI=1S/C27H38N4O2/c1-18-7-8-22(17-29-18)25-26(33-25)31-24-14-21(9-11-28-24)20-5-4-6-23(13-20)30-16-19-10-12-32-27(2,3)15-19/h4-6,9,11,13-14,18-19,22,25-26,29-30H,7-8,10,12,15-17H2,1-3H3,(H,28,31)/t18-,19-,22-,25?,26?/m1/s1. The van der Waals surface area contributed by atoms with E-state index in [9.17, 15) is 0 Å². The number of hydrogen-bond acceptors (Lipinski definition) is 6. The Morgan fingerprint density at radius 2 is 2.00 bits per heavy atom. The fourth-order valence-corrected chi connectivity index (χ4v) is 5.34. The molecule has 1 aromatic heterocycles. The predicted octanol–water partition coefficient (Wildman–Crippen LogP) is 4.89. The number of benzene rings is 1. The molecule has 3 saturated heterocycles. The van der Waals surface area contributed by atoms with Crippen molar-refractivity contribution >= 4 is 11.5 Å². The van der Waals surface area contributed by atoms with Crippen LogP contribution in [0, 0.1) is 11.8 Å². The number of epoxide rings is 1. The minimum atomic E-state index is -0.0108. The van der Waals surface area contributed by atoms with Crippen molar-refractivity contribution in [1.82, 2.24) is 10.3 Å². The van der Waals surface area contributed by atoms with Crippen molar-refractivity contribution in [2.75, 3.05) is 30.3 Å². The number of pyridine rings is 1. The van der Waals surface area contributed by atoms with Gasteiger partial charge in [-0.05, 0) is 87.8 Å². The van der Waals surface area contributed by atoms with E-state index in [0.717, 1.165) is 49.6 Å². The summed E-state index contributed by atoms with van der Waals surface area (Å²) in [7, 11) is 0. The third-order valence-corrected chi connectivity index (χ3v) is 7.33. The summed E-state index contributed by atoms with van der Waals surface area (Å²) in [4.78, 5) is 4.54. The molecule has 6 nitrogen and oxygen atoms in total. The van der Waals surface area contributed by atoms with Crippen molar-refractivity contribution in [3.8, 4) is 11.1 Å². The van der Waals surface area contributed by atoms with Crippen LogP contribution in [0.25, 0.3) is 11.1 Å². The molecular weight excluding hydrogens is 412 g/mol. The Labute approximate surface area is 197 Å². The molecule has 3 N–H and O–H groups in total. The van der Waals surface area contributed by atoms with Gasteiger partial charge in [0.15, 0.2) is 6.23 Å². The second-order valence-electron chi connectivity index (χ2n) is 10.7. The Hall–Kier alpha value is -2.15. The van der Waals surface area contributed by atoms with Gasteiger partial charge >= 0.3 is 0 Å². The lowest BCUT2D eigenvalue weighted by Gasteiger charge is -2.35. The van der Waals surface area contributed by atoms with Gasteiger partial charge in [0.25, 0.3) is 0 Å². The van der Waals surface area contributed by atoms with Crippen LogP contribution < -0.4 is 16.0 Å². The van der Waals surface area contributed by atoms with Crippen LogP contribution in [0.15, 0.2) is 42.6 Å². The van der Waals surface area contributed by atoms with Crippen molar-refractivity contribution < 1.29 is 9.47 Å². The maximum absolute atomic E-state index is 5.95.